The van der Waals surface area contributed by atoms with Gasteiger partial charge in [-0.15, -0.1) is 0 Å². The Bertz CT molecular complexity index is 352. The molecule has 6 heteroatoms. The standard InChI is InChI=1S/C9H14N2O2S2/c1-5(14-3)4-10-8-7(9(12)13)6(2)11-15-8/h5,10H,4H2,1-3H3,(H,12,13). The molecule has 0 amide bonds. The number of aromatic carboxylic acids is 1. The van der Waals surface area contributed by atoms with Crippen molar-refractivity contribution in [2.24, 2.45) is 0 Å². The van der Waals surface area contributed by atoms with Crippen molar-refractivity contribution in [1.82, 2.24) is 4.37 Å². The molecule has 0 aromatic carbocycles. The number of carboxylic acids is 1. The summed E-state index contributed by atoms with van der Waals surface area (Å²) in [4.78, 5) is 10.9. The second kappa shape index (κ2) is 5.37. The molecule has 2 N–H and O–H groups in total. The highest BCUT2D eigenvalue weighted by atomic mass is 32.2. The van der Waals surface area contributed by atoms with Crippen LogP contribution in [-0.4, -0.2) is 33.5 Å². The first kappa shape index (κ1) is 12.3. The van der Waals surface area contributed by atoms with Crippen LogP contribution in [0.1, 0.15) is 23.0 Å². The zero-order chi connectivity index (χ0) is 11.4. The Kier molecular flexibility index (Phi) is 4.41. The van der Waals surface area contributed by atoms with E-state index in [2.05, 4.69) is 16.6 Å². The lowest BCUT2D eigenvalue weighted by Crippen LogP contribution is -2.13. The van der Waals surface area contributed by atoms with Gasteiger partial charge in [-0.3, -0.25) is 0 Å². The minimum absolute atomic E-state index is 0.299. The van der Waals surface area contributed by atoms with E-state index in [-0.39, 0.29) is 0 Å². The van der Waals surface area contributed by atoms with Gasteiger partial charge in [-0.1, -0.05) is 6.92 Å². The van der Waals surface area contributed by atoms with E-state index in [1.807, 2.05) is 6.26 Å². The molecule has 84 valence electrons. The molecule has 1 aromatic rings. The zero-order valence-corrected chi connectivity index (χ0v) is 10.5. The summed E-state index contributed by atoms with van der Waals surface area (Å²) in [7, 11) is 0. The molecule has 1 atom stereocenters. The highest BCUT2D eigenvalue weighted by Crippen LogP contribution is 2.24. The summed E-state index contributed by atoms with van der Waals surface area (Å²) in [6, 6.07) is 0. The van der Waals surface area contributed by atoms with Crippen LogP contribution in [0.25, 0.3) is 0 Å². The highest BCUT2D eigenvalue weighted by Gasteiger charge is 2.17. The summed E-state index contributed by atoms with van der Waals surface area (Å²) in [6.45, 7) is 4.55. The van der Waals surface area contributed by atoms with E-state index < -0.39 is 5.97 Å². The average molecular weight is 246 g/mol. The molecule has 1 aromatic heterocycles. The quantitative estimate of drug-likeness (QED) is 0.834. The van der Waals surface area contributed by atoms with Crippen molar-refractivity contribution in [2.45, 2.75) is 19.1 Å². The fraction of sp³-hybridized carbons (Fsp3) is 0.556. The van der Waals surface area contributed by atoms with Crippen molar-refractivity contribution in [1.29, 1.82) is 0 Å². The lowest BCUT2D eigenvalue weighted by molar-refractivity contribution is 0.0697. The number of carboxylic acid groups (broad SMARTS) is 1. The molecule has 0 aliphatic rings. The number of carbonyl (C=O) groups is 1. The van der Waals surface area contributed by atoms with Crippen LogP contribution in [0.5, 0.6) is 0 Å². The molecule has 1 unspecified atom stereocenters. The summed E-state index contributed by atoms with van der Waals surface area (Å²) >= 11 is 2.95. The van der Waals surface area contributed by atoms with Crippen LogP contribution >= 0.6 is 23.3 Å². The largest absolute Gasteiger partial charge is 0.478 e. The predicted octanol–water partition coefficient (Wildman–Crippen LogP) is 2.31. The van der Waals surface area contributed by atoms with E-state index in [1.165, 1.54) is 11.5 Å². The number of thioether (sulfide) groups is 1. The van der Waals surface area contributed by atoms with Crippen molar-refractivity contribution in [3.63, 3.8) is 0 Å². The van der Waals surface area contributed by atoms with Gasteiger partial charge in [0.25, 0.3) is 0 Å². The summed E-state index contributed by atoms with van der Waals surface area (Å²) in [5, 5.41) is 13.2. The topological polar surface area (TPSA) is 62.2 Å². The normalized spacial score (nSPS) is 12.5. The van der Waals surface area contributed by atoms with Gasteiger partial charge in [-0.2, -0.15) is 16.1 Å². The van der Waals surface area contributed by atoms with Crippen molar-refractivity contribution in [3.8, 4) is 0 Å². The van der Waals surface area contributed by atoms with Gasteiger partial charge in [0.05, 0.1) is 5.69 Å². The Hall–Kier alpha value is -0.750. The molecule has 0 radical (unpaired) electrons. The molecular weight excluding hydrogens is 232 g/mol. The number of rotatable bonds is 5. The number of anilines is 1. The maximum atomic E-state index is 10.9. The van der Waals surface area contributed by atoms with Gasteiger partial charge in [-0.05, 0) is 24.7 Å². The van der Waals surface area contributed by atoms with Gasteiger partial charge in [-0.25, -0.2) is 4.79 Å². The molecule has 0 aliphatic heterocycles. The van der Waals surface area contributed by atoms with Crippen LogP contribution in [0.15, 0.2) is 0 Å². The summed E-state index contributed by atoms with van der Waals surface area (Å²) in [6.07, 6.45) is 2.03. The van der Waals surface area contributed by atoms with Crippen LogP contribution in [0.4, 0.5) is 5.00 Å². The number of aromatic nitrogens is 1. The fourth-order valence-electron chi connectivity index (χ4n) is 1.06. The third-order valence-electron chi connectivity index (χ3n) is 2.03. The molecular formula is C9H14N2O2S2. The van der Waals surface area contributed by atoms with Gasteiger partial charge in [0, 0.05) is 11.8 Å². The predicted molar refractivity (Wildman–Crippen MR) is 65.3 cm³/mol. The Balaban J connectivity index is 2.73. The molecule has 0 bridgehead atoms. The average Bonchev–Trinajstić information content (AvgIpc) is 2.56. The SMILES string of the molecule is CSC(C)CNc1snc(C)c1C(=O)O. The Morgan fingerprint density at radius 1 is 1.73 bits per heavy atom. The summed E-state index contributed by atoms with van der Waals surface area (Å²) < 4.78 is 4.03. The number of aryl methyl sites for hydroxylation is 1. The third kappa shape index (κ3) is 3.10. The van der Waals surface area contributed by atoms with E-state index in [4.69, 9.17) is 5.11 Å². The van der Waals surface area contributed by atoms with Crippen LogP contribution in [0.2, 0.25) is 0 Å². The first-order chi connectivity index (χ1) is 7.06. The van der Waals surface area contributed by atoms with Crippen LogP contribution in [0.3, 0.4) is 0 Å². The second-order valence-electron chi connectivity index (χ2n) is 3.20. The van der Waals surface area contributed by atoms with Crippen molar-refractivity contribution < 1.29 is 9.90 Å². The van der Waals surface area contributed by atoms with E-state index in [9.17, 15) is 4.79 Å². The maximum absolute atomic E-state index is 10.9. The molecule has 0 aliphatic carbocycles. The zero-order valence-electron chi connectivity index (χ0n) is 8.90. The lowest BCUT2D eigenvalue weighted by Gasteiger charge is -2.09. The van der Waals surface area contributed by atoms with Crippen molar-refractivity contribution in [2.75, 3.05) is 18.1 Å². The van der Waals surface area contributed by atoms with E-state index in [1.54, 1.807) is 18.7 Å². The molecule has 1 rings (SSSR count). The number of nitrogens with zero attached hydrogens (tertiary/aromatic N) is 1. The molecule has 0 fully saturated rings. The van der Waals surface area contributed by atoms with E-state index >= 15 is 0 Å². The third-order valence-corrected chi connectivity index (χ3v) is 3.90. The van der Waals surface area contributed by atoms with Gasteiger partial charge in [0.15, 0.2) is 0 Å². The minimum atomic E-state index is -0.916. The lowest BCUT2D eigenvalue weighted by atomic mass is 10.2. The van der Waals surface area contributed by atoms with E-state index in [0.29, 0.717) is 21.5 Å². The number of nitrogens with one attached hydrogen (secondary N) is 1. The highest BCUT2D eigenvalue weighted by molar-refractivity contribution is 7.99. The maximum Gasteiger partial charge on any atom is 0.340 e. The number of hydrogen-bond donors (Lipinski definition) is 2. The minimum Gasteiger partial charge on any atom is -0.478 e. The van der Waals surface area contributed by atoms with Crippen molar-refractivity contribution >= 4 is 34.3 Å². The van der Waals surface area contributed by atoms with Crippen LogP contribution in [0, 0.1) is 6.92 Å². The smallest absolute Gasteiger partial charge is 0.340 e. The molecule has 0 saturated carbocycles. The van der Waals surface area contributed by atoms with Crippen LogP contribution in [-0.2, 0) is 0 Å². The van der Waals surface area contributed by atoms with Gasteiger partial charge < -0.3 is 10.4 Å². The first-order valence-corrected chi connectivity index (χ1v) is 6.58. The molecule has 0 spiro atoms. The fourth-order valence-corrected chi connectivity index (χ4v) is 2.11. The van der Waals surface area contributed by atoms with Gasteiger partial charge in [0.1, 0.15) is 10.6 Å². The summed E-state index contributed by atoms with van der Waals surface area (Å²) in [5.41, 5.74) is 0.875. The molecule has 15 heavy (non-hydrogen) atoms. The second-order valence-corrected chi connectivity index (χ2v) is 5.25. The van der Waals surface area contributed by atoms with Gasteiger partial charge >= 0.3 is 5.97 Å². The first-order valence-electron chi connectivity index (χ1n) is 4.52. The number of hydrogen-bond acceptors (Lipinski definition) is 5. The van der Waals surface area contributed by atoms with Crippen LogP contribution < -0.4 is 5.32 Å². The monoisotopic (exact) mass is 246 g/mol. The van der Waals surface area contributed by atoms with Gasteiger partial charge in [0.2, 0.25) is 0 Å². The molecule has 0 saturated heterocycles. The molecule has 1 heterocycles. The molecule has 4 nitrogen and oxygen atoms in total. The van der Waals surface area contributed by atoms with E-state index in [0.717, 1.165) is 6.54 Å². The Morgan fingerprint density at radius 3 is 2.93 bits per heavy atom. The summed E-state index contributed by atoms with van der Waals surface area (Å²) in [5.74, 6) is -0.916. The Morgan fingerprint density at radius 2 is 2.40 bits per heavy atom. The van der Waals surface area contributed by atoms with Crippen molar-refractivity contribution in [3.05, 3.63) is 11.3 Å². The Labute approximate surface area is 97.3 Å².